The van der Waals surface area contributed by atoms with Gasteiger partial charge in [0.2, 0.25) is 5.95 Å². The van der Waals surface area contributed by atoms with Gasteiger partial charge in [0.05, 0.1) is 30.1 Å². The molecule has 13 nitrogen and oxygen atoms in total. The number of rotatable bonds is 14. The zero-order chi connectivity index (χ0) is 29.7. The molecular formula is C27H25FN10O3S. The summed E-state index contributed by atoms with van der Waals surface area (Å²) in [4.78, 5) is 24.1. The number of thiophene rings is 1. The van der Waals surface area contributed by atoms with Crippen molar-refractivity contribution in [2.45, 2.75) is 0 Å². The Balaban J connectivity index is 1.32. The molecule has 0 saturated carbocycles. The van der Waals surface area contributed by atoms with Gasteiger partial charge >= 0.3 is 12.1 Å². The number of aromatic nitrogens is 3. The number of methoxy groups -OCH3 is 1. The molecule has 0 unspecified atom stereocenters. The molecule has 2 aromatic carbocycles. The van der Waals surface area contributed by atoms with E-state index in [1.165, 1.54) is 11.3 Å². The van der Waals surface area contributed by atoms with E-state index in [0.717, 1.165) is 12.0 Å². The molecule has 4 aromatic rings. The van der Waals surface area contributed by atoms with Gasteiger partial charge in [-0.1, -0.05) is 23.5 Å². The van der Waals surface area contributed by atoms with Crippen molar-refractivity contribution in [1.29, 1.82) is 5.26 Å². The molecule has 2 aromatic heterocycles. The fourth-order valence-corrected chi connectivity index (χ4v) is 4.11. The number of ether oxygens (including phenoxy) is 2. The van der Waals surface area contributed by atoms with Crippen molar-refractivity contribution < 1.29 is 18.7 Å². The summed E-state index contributed by atoms with van der Waals surface area (Å²) in [6.45, 7) is 1.50. The van der Waals surface area contributed by atoms with Crippen LogP contribution in [0.4, 0.5) is 37.4 Å². The summed E-state index contributed by atoms with van der Waals surface area (Å²) in [7, 11) is 3.43. The number of nitrogens with one attached hydrogen (secondary N) is 1. The maximum atomic E-state index is 13.7. The van der Waals surface area contributed by atoms with Gasteiger partial charge in [-0.25, -0.2) is 0 Å². The van der Waals surface area contributed by atoms with Crippen molar-refractivity contribution >= 4 is 50.6 Å². The number of carbonyl (C=O) groups is 1. The Kier molecular flexibility index (Phi) is 10.6. The first kappa shape index (κ1) is 29.8. The van der Waals surface area contributed by atoms with Crippen LogP contribution in [0.15, 0.2) is 75.1 Å². The minimum Gasteiger partial charge on any atom is -0.461 e. The predicted molar refractivity (Wildman–Crippen MR) is 155 cm³/mol. The van der Waals surface area contributed by atoms with Crippen LogP contribution in [-0.2, 0) is 4.74 Å². The largest absolute Gasteiger partial charge is 0.461 e. The highest BCUT2D eigenvalue weighted by Crippen LogP contribution is 2.38. The number of carbonyl (C=O) groups excluding carboxylic acids is 1. The van der Waals surface area contributed by atoms with Crippen molar-refractivity contribution in [1.82, 2.24) is 15.0 Å². The number of hydrogen-bond donors (Lipinski definition) is 1. The molecule has 0 aliphatic heterocycles. The maximum absolute atomic E-state index is 13.7. The first-order chi connectivity index (χ1) is 20.5. The van der Waals surface area contributed by atoms with Crippen LogP contribution in [0.3, 0.4) is 0 Å². The molecule has 0 saturated heterocycles. The number of azo groups is 2. The number of aldehydes is 1. The summed E-state index contributed by atoms with van der Waals surface area (Å²) >= 11 is 1.17. The van der Waals surface area contributed by atoms with Crippen molar-refractivity contribution in [2.75, 3.05) is 50.7 Å². The molecule has 0 aliphatic rings. The number of likely N-dealkylation sites (N-methyl/N-ethyl adjacent to an activating group) is 1. The lowest BCUT2D eigenvalue weighted by Crippen LogP contribution is -2.24. The van der Waals surface area contributed by atoms with Crippen LogP contribution in [0.2, 0.25) is 0 Å². The molecule has 0 fully saturated rings. The fraction of sp³-hybridized carbons (Fsp3) is 0.222. The summed E-state index contributed by atoms with van der Waals surface area (Å²) in [6.07, 6.45) is -0.207. The number of anilines is 2. The van der Waals surface area contributed by atoms with E-state index < -0.39 is 6.08 Å². The zero-order valence-electron chi connectivity index (χ0n) is 22.6. The van der Waals surface area contributed by atoms with Crippen LogP contribution >= 0.6 is 11.3 Å². The predicted octanol–water partition coefficient (Wildman–Crippen LogP) is 6.16. The van der Waals surface area contributed by atoms with Crippen LogP contribution in [-0.4, -0.2) is 61.7 Å². The molecule has 1 N–H and O–H groups in total. The molecule has 15 heteroatoms. The lowest BCUT2D eigenvalue weighted by molar-refractivity contribution is 0.112. The third-order valence-electron chi connectivity index (χ3n) is 5.47. The van der Waals surface area contributed by atoms with Crippen molar-refractivity contribution in [3.63, 3.8) is 0 Å². The van der Waals surface area contributed by atoms with Crippen LogP contribution < -0.4 is 15.0 Å². The quantitative estimate of drug-likeness (QED) is 0.103. The van der Waals surface area contributed by atoms with E-state index in [1.807, 2.05) is 24.1 Å². The fourth-order valence-electron chi connectivity index (χ4n) is 3.36. The van der Waals surface area contributed by atoms with E-state index in [9.17, 15) is 14.4 Å². The van der Waals surface area contributed by atoms with E-state index in [2.05, 4.69) is 46.8 Å². The maximum Gasteiger partial charge on any atom is 0.323 e. The highest BCUT2D eigenvalue weighted by Gasteiger charge is 2.10. The smallest absolute Gasteiger partial charge is 0.323 e. The minimum atomic E-state index is -0.940. The van der Waals surface area contributed by atoms with Gasteiger partial charge in [0.25, 0.3) is 0 Å². The lowest BCUT2D eigenvalue weighted by Gasteiger charge is -2.19. The van der Waals surface area contributed by atoms with Crippen LogP contribution in [0.1, 0.15) is 15.9 Å². The van der Waals surface area contributed by atoms with E-state index in [4.69, 9.17) is 9.47 Å². The number of hydrogen-bond acceptors (Lipinski definition) is 14. The molecule has 4 rings (SSSR count). The van der Waals surface area contributed by atoms with Gasteiger partial charge in [0.1, 0.15) is 24.0 Å². The number of nitriles is 1. The first-order valence-corrected chi connectivity index (χ1v) is 13.3. The topological polar surface area (TPSA) is 163 Å². The van der Waals surface area contributed by atoms with Gasteiger partial charge in [0, 0.05) is 32.0 Å². The molecule has 0 bridgehead atoms. The molecule has 0 amide bonds. The third-order valence-corrected chi connectivity index (χ3v) is 6.38. The molecule has 214 valence electrons. The van der Waals surface area contributed by atoms with E-state index in [-0.39, 0.29) is 18.6 Å². The SMILES string of the molecule is COCCNc1nc(F)nc(OCCN(C)c2ccc(N=Nc3sc(N=Nc4cccc(C=O)c4)cc3C#N)cc2)n1. The number of benzene rings is 2. The molecule has 0 aliphatic carbocycles. The minimum absolute atomic E-state index is 0.0686. The van der Waals surface area contributed by atoms with Gasteiger partial charge in [-0.3, -0.25) is 4.79 Å². The summed E-state index contributed by atoms with van der Waals surface area (Å²) in [5.74, 6) is 0.0686. The van der Waals surface area contributed by atoms with E-state index in [1.54, 1.807) is 49.6 Å². The Morgan fingerprint density at radius 1 is 1.05 bits per heavy atom. The molecule has 0 spiro atoms. The zero-order valence-corrected chi connectivity index (χ0v) is 23.5. The molecule has 0 atom stereocenters. The highest BCUT2D eigenvalue weighted by molar-refractivity contribution is 7.19. The van der Waals surface area contributed by atoms with E-state index >= 15 is 0 Å². The Labute approximate surface area is 244 Å². The summed E-state index contributed by atoms with van der Waals surface area (Å²) in [5, 5.41) is 29.9. The van der Waals surface area contributed by atoms with Crippen LogP contribution in [0, 0.1) is 17.4 Å². The summed E-state index contributed by atoms with van der Waals surface area (Å²) in [5.41, 5.74) is 2.81. The average molecular weight is 589 g/mol. The second-order valence-electron chi connectivity index (χ2n) is 8.44. The Bertz CT molecular complexity index is 1600. The molecule has 0 radical (unpaired) electrons. The Hall–Kier alpha value is -5.20. The third kappa shape index (κ3) is 8.65. The van der Waals surface area contributed by atoms with Gasteiger partial charge in [-0.05, 0) is 42.5 Å². The number of halogens is 1. The normalized spacial score (nSPS) is 11.1. The van der Waals surface area contributed by atoms with Gasteiger partial charge < -0.3 is 19.7 Å². The second-order valence-corrected chi connectivity index (χ2v) is 9.45. The van der Waals surface area contributed by atoms with Gasteiger partial charge in [0.15, 0.2) is 5.00 Å². The number of nitrogens with zero attached hydrogens (tertiary/aromatic N) is 9. The van der Waals surface area contributed by atoms with Crippen molar-refractivity contribution in [3.05, 3.63) is 71.8 Å². The van der Waals surface area contributed by atoms with Crippen molar-refractivity contribution in [3.8, 4) is 12.1 Å². The monoisotopic (exact) mass is 588 g/mol. The Morgan fingerprint density at radius 2 is 1.86 bits per heavy atom. The lowest BCUT2D eigenvalue weighted by atomic mass is 10.2. The van der Waals surface area contributed by atoms with E-state index in [0.29, 0.717) is 52.2 Å². The summed E-state index contributed by atoms with van der Waals surface area (Å²) < 4.78 is 24.1. The molecule has 42 heavy (non-hydrogen) atoms. The average Bonchev–Trinajstić information content (AvgIpc) is 3.41. The van der Waals surface area contributed by atoms with Gasteiger partial charge in [-0.15, -0.1) is 25.4 Å². The van der Waals surface area contributed by atoms with Crippen LogP contribution in [0.5, 0.6) is 6.01 Å². The van der Waals surface area contributed by atoms with Crippen LogP contribution in [0.25, 0.3) is 0 Å². The second kappa shape index (κ2) is 15.0. The standard InChI is InChI=1S/C27H25FN10O3S/c1-38(11-13-41-27-32-25(28)31-26(33-27)30-10-12-40-2)22-8-6-20(7-9-22)34-37-24-19(16-29)15-23(42-24)36-35-21-5-3-4-18(14-21)17-39/h3-9,14-15,17H,10-13H2,1-2H3,(H,30,31,32,33). The first-order valence-electron chi connectivity index (χ1n) is 12.5. The Morgan fingerprint density at radius 3 is 2.62 bits per heavy atom. The summed E-state index contributed by atoms with van der Waals surface area (Å²) in [6, 6.07) is 17.6. The van der Waals surface area contributed by atoms with Gasteiger partial charge in [-0.2, -0.15) is 19.6 Å². The van der Waals surface area contributed by atoms with Crippen molar-refractivity contribution in [2.24, 2.45) is 20.5 Å². The highest BCUT2D eigenvalue weighted by atomic mass is 32.1. The molecule has 2 heterocycles. The molecular weight excluding hydrogens is 563 g/mol.